The van der Waals surface area contributed by atoms with Gasteiger partial charge in [0.05, 0.1) is 36.9 Å². The summed E-state index contributed by atoms with van der Waals surface area (Å²) in [5, 5.41) is 67.3. The molecule has 0 aromatic rings. The Morgan fingerprint density at radius 1 is 1.07 bits per heavy atom. The number of aliphatic hydroxyl groups is 6. The van der Waals surface area contributed by atoms with Crippen molar-refractivity contribution in [2.45, 2.75) is 108 Å². The molecule has 0 amide bonds. The molecule has 0 spiro atoms. The van der Waals surface area contributed by atoms with Crippen LogP contribution in [-0.4, -0.2) is 122 Å². The number of hydrogen-bond acceptors (Lipinski definition) is 13. The molecule has 4 heterocycles. The van der Waals surface area contributed by atoms with Gasteiger partial charge in [-0.1, -0.05) is 45.9 Å². The van der Waals surface area contributed by atoms with E-state index in [1.807, 2.05) is 19.9 Å². The van der Waals surface area contributed by atoms with Crippen LogP contribution in [0, 0.1) is 29.6 Å². The SMILES string of the molecule is CC=CC(C)C1OC1(C)C(O)C1COC(=O)C(O)C(OC)C(C)C(=O)C(C)C(O)C(C)=CC(C)C2(O)CC(O)C(O)(CO2)C1=O. The lowest BCUT2D eigenvalue weighted by molar-refractivity contribution is -0.303. The number of rotatable bonds is 5. The Balaban J connectivity index is 2.07. The molecule has 0 aliphatic carbocycles. The Kier molecular flexibility index (Phi) is 11.6. The van der Waals surface area contributed by atoms with E-state index in [4.69, 9.17) is 18.9 Å². The number of carbonyl (C=O) groups excluding carboxylic acids is 3. The lowest BCUT2D eigenvalue weighted by atomic mass is 9.74. The smallest absolute Gasteiger partial charge is 0.337 e. The fraction of sp³-hybridized carbons (Fsp3) is 0.781. The highest BCUT2D eigenvalue weighted by Crippen LogP contribution is 2.47. The summed E-state index contributed by atoms with van der Waals surface area (Å²) in [7, 11) is 1.19. The van der Waals surface area contributed by atoms with Crippen LogP contribution in [0.1, 0.15) is 54.9 Å². The topological polar surface area (TPSA) is 213 Å². The van der Waals surface area contributed by atoms with E-state index < -0.39 is 114 Å². The summed E-state index contributed by atoms with van der Waals surface area (Å²) >= 11 is 0. The van der Waals surface area contributed by atoms with Crippen LogP contribution in [0.15, 0.2) is 23.8 Å². The van der Waals surface area contributed by atoms with Crippen LogP contribution in [0.25, 0.3) is 0 Å². The number of carbonyl (C=O) groups is 3. The van der Waals surface area contributed by atoms with Gasteiger partial charge < -0.3 is 49.6 Å². The Hall–Kier alpha value is -2.07. The molecule has 0 aromatic heterocycles. The Morgan fingerprint density at radius 3 is 2.24 bits per heavy atom. The first-order valence-corrected chi connectivity index (χ1v) is 15.4. The minimum atomic E-state index is -2.63. The van der Waals surface area contributed by atoms with Crippen LogP contribution in [-0.2, 0) is 33.3 Å². The normalized spacial score (nSPS) is 45.4. The number of fused-ring (bicyclic) bond motifs is 14. The number of esters is 1. The monoisotopic (exact) mass is 642 g/mol. The summed E-state index contributed by atoms with van der Waals surface area (Å²) in [6.45, 7) is 9.49. The second-order valence-corrected chi connectivity index (χ2v) is 13.2. The second kappa shape index (κ2) is 14.0. The van der Waals surface area contributed by atoms with Crippen LogP contribution in [0.4, 0.5) is 0 Å². The molecule has 14 unspecified atom stereocenters. The Labute approximate surface area is 263 Å². The zero-order valence-corrected chi connectivity index (χ0v) is 27.2. The number of ether oxygens (including phenoxy) is 4. The minimum Gasteiger partial charge on any atom is -0.463 e. The lowest BCUT2D eigenvalue weighted by Crippen LogP contribution is -2.66. The molecule has 4 rings (SSSR count). The third-order valence-electron chi connectivity index (χ3n) is 9.96. The highest BCUT2D eigenvalue weighted by molar-refractivity contribution is 5.91. The van der Waals surface area contributed by atoms with Gasteiger partial charge in [-0.15, -0.1) is 0 Å². The molecule has 2 bridgehead atoms. The molecule has 2 fully saturated rings. The quantitative estimate of drug-likeness (QED) is 0.131. The van der Waals surface area contributed by atoms with Crippen LogP contribution < -0.4 is 0 Å². The van der Waals surface area contributed by atoms with Crippen LogP contribution in [0.2, 0.25) is 0 Å². The molecule has 14 atom stereocenters. The predicted octanol–water partition coefficient (Wildman–Crippen LogP) is -0.179. The van der Waals surface area contributed by atoms with Gasteiger partial charge in [0, 0.05) is 37.2 Å². The van der Waals surface area contributed by atoms with Gasteiger partial charge in [0.1, 0.15) is 24.1 Å². The molecule has 13 heteroatoms. The molecule has 6 N–H and O–H groups in total. The van der Waals surface area contributed by atoms with Crippen molar-refractivity contribution >= 4 is 17.5 Å². The predicted molar refractivity (Wildman–Crippen MR) is 158 cm³/mol. The molecule has 256 valence electrons. The van der Waals surface area contributed by atoms with Gasteiger partial charge in [-0.3, -0.25) is 9.59 Å². The summed E-state index contributed by atoms with van der Waals surface area (Å²) < 4.78 is 22.0. The number of epoxide rings is 1. The van der Waals surface area contributed by atoms with Crippen molar-refractivity contribution < 1.29 is 64.0 Å². The number of methoxy groups -OCH3 is 1. The standard InChI is InChI=1S/C32H50O13/c1-9-10-15(2)28-30(7,45-28)26(37)20-13-43-29(39)24(36)25(42-8)19(6)23(35)18(5)22(34)16(3)11-17(4)32(41)12-21(33)31(40,14-44-32)27(20)38/h9-11,15,17-22,24-26,28,33-34,36-37,40-41H,12-14H2,1-8H3. The third-order valence-corrected chi connectivity index (χ3v) is 9.96. The van der Waals surface area contributed by atoms with Gasteiger partial charge in [-0.25, -0.2) is 4.79 Å². The molecule has 0 aromatic carbocycles. The van der Waals surface area contributed by atoms with Gasteiger partial charge in [-0.2, -0.15) is 0 Å². The molecular formula is C32H50O13. The van der Waals surface area contributed by atoms with Gasteiger partial charge >= 0.3 is 5.97 Å². The largest absolute Gasteiger partial charge is 0.463 e. The molecule has 0 saturated carbocycles. The minimum absolute atomic E-state index is 0.171. The fourth-order valence-electron chi connectivity index (χ4n) is 6.68. The highest BCUT2D eigenvalue weighted by Gasteiger charge is 2.64. The van der Waals surface area contributed by atoms with Gasteiger partial charge in [-0.05, 0) is 26.3 Å². The van der Waals surface area contributed by atoms with Crippen molar-refractivity contribution in [1.29, 1.82) is 0 Å². The molecule has 45 heavy (non-hydrogen) atoms. The first-order chi connectivity index (χ1) is 20.8. The summed E-state index contributed by atoms with van der Waals surface area (Å²) in [5.74, 6) is -9.85. The van der Waals surface area contributed by atoms with E-state index in [9.17, 15) is 45.0 Å². The lowest BCUT2D eigenvalue weighted by Gasteiger charge is -2.46. The summed E-state index contributed by atoms with van der Waals surface area (Å²) in [5.41, 5.74) is -3.65. The molecular weight excluding hydrogens is 592 g/mol. The average molecular weight is 643 g/mol. The number of aliphatic hydroxyl groups excluding tert-OH is 4. The first-order valence-electron chi connectivity index (χ1n) is 15.4. The third kappa shape index (κ3) is 7.12. The Bertz CT molecular complexity index is 1170. The zero-order chi connectivity index (χ0) is 34.2. The van der Waals surface area contributed by atoms with E-state index in [-0.39, 0.29) is 11.5 Å². The second-order valence-electron chi connectivity index (χ2n) is 13.2. The van der Waals surface area contributed by atoms with Crippen LogP contribution in [0.5, 0.6) is 0 Å². The maximum atomic E-state index is 14.0. The molecule has 0 radical (unpaired) electrons. The van der Waals surface area contributed by atoms with E-state index in [0.29, 0.717) is 0 Å². The maximum absolute atomic E-state index is 14.0. The van der Waals surface area contributed by atoms with Crippen molar-refractivity contribution in [3.8, 4) is 0 Å². The van der Waals surface area contributed by atoms with E-state index >= 15 is 0 Å². The summed E-state index contributed by atoms with van der Waals surface area (Å²) in [4.78, 5) is 40.4. The fourth-order valence-corrected chi connectivity index (χ4v) is 6.68. The van der Waals surface area contributed by atoms with Gasteiger partial charge in [0.15, 0.2) is 23.3 Å². The van der Waals surface area contributed by atoms with Crippen molar-refractivity contribution in [2.75, 3.05) is 20.3 Å². The summed E-state index contributed by atoms with van der Waals surface area (Å²) in [6.07, 6.45) is -4.31. The van der Waals surface area contributed by atoms with Crippen molar-refractivity contribution in [1.82, 2.24) is 0 Å². The van der Waals surface area contributed by atoms with Crippen molar-refractivity contribution in [2.24, 2.45) is 29.6 Å². The molecule has 2 saturated heterocycles. The van der Waals surface area contributed by atoms with Crippen molar-refractivity contribution in [3.05, 3.63) is 23.8 Å². The van der Waals surface area contributed by atoms with E-state index in [2.05, 4.69) is 0 Å². The highest BCUT2D eigenvalue weighted by atomic mass is 16.6. The van der Waals surface area contributed by atoms with E-state index in [1.54, 1.807) is 19.9 Å². The average Bonchev–Trinajstić information content (AvgIpc) is 3.70. The van der Waals surface area contributed by atoms with Crippen molar-refractivity contribution in [3.63, 3.8) is 0 Å². The molecule has 4 aliphatic rings. The maximum Gasteiger partial charge on any atom is 0.337 e. The number of ketones is 2. The number of Topliss-reactive ketones (excluding diaryl/α,β-unsaturated/α-hetero) is 2. The first kappa shape index (κ1) is 37.4. The molecule has 4 aliphatic heterocycles. The van der Waals surface area contributed by atoms with E-state index in [0.717, 1.165) is 0 Å². The van der Waals surface area contributed by atoms with Gasteiger partial charge in [0.25, 0.3) is 0 Å². The number of allylic oxidation sites excluding steroid dienone is 1. The van der Waals surface area contributed by atoms with Crippen LogP contribution in [0.3, 0.4) is 0 Å². The van der Waals surface area contributed by atoms with E-state index in [1.165, 1.54) is 34.0 Å². The van der Waals surface area contributed by atoms with Gasteiger partial charge in [0.2, 0.25) is 0 Å². The Morgan fingerprint density at radius 2 is 1.69 bits per heavy atom. The number of hydrogen-bond donors (Lipinski definition) is 6. The summed E-state index contributed by atoms with van der Waals surface area (Å²) in [6, 6.07) is 0. The van der Waals surface area contributed by atoms with Crippen LogP contribution >= 0.6 is 0 Å². The molecule has 13 nitrogen and oxygen atoms in total. The zero-order valence-electron chi connectivity index (χ0n) is 27.2.